The number of pyridine rings is 1. The van der Waals surface area contributed by atoms with Gasteiger partial charge in [-0.1, -0.05) is 11.6 Å². The monoisotopic (exact) mass is 355 g/mol. The number of fused-ring (bicyclic) bond motifs is 1. The van der Waals surface area contributed by atoms with Crippen molar-refractivity contribution in [2.24, 2.45) is 0 Å². The quantitative estimate of drug-likeness (QED) is 0.696. The number of amides is 1. The van der Waals surface area contributed by atoms with Gasteiger partial charge in [0.25, 0.3) is 5.91 Å². The summed E-state index contributed by atoms with van der Waals surface area (Å²) in [4.78, 5) is 35.3. The van der Waals surface area contributed by atoms with Crippen LogP contribution in [-0.2, 0) is 4.74 Å². The third kappa shape index (κ3) is 3.13. The molecule has 2 N–H and O–H groups in total. The Balaban J connectivity index is 1.98. The Morgan fingerprint density at radius 3 is 2.84 bits per heavy atom. The van der Waals surface area contributed by atoms with Crippen molar-refractivity contribution in [3.8, 4) is 6.07 Å². The SMILES string of the molecule is COC(=O)c1cc(C#N)c(Cl)cc1NC(=O)c1cc2[nH]cnc2cn1. The van der Waals surface area contributed by atoms with E-state index >= 15 is 0 Å². The molecule has 9 heteroatoms. The largest absolute Gasteiger partial charge is 0.465 e. The third-order valence-electron chi connectivity index (χ3n) is 3.42. The number of nitriles is 1. The van der Waals surface area contributed by atoms with Crippen LogP contribution in [0.15, 0.2) is 30.7 Å². The van der Waals surface area contributed by atoms with E-state index in [0.29, 0.717) is 11.0 Å². The smallest absolute Gasteiger partial charge is 0.340 e. The number of carbonyl (C=O) groups excluding carboxylic acids is 2. The number of benzene rings is 1. The maximum Gasteiger partial charge on any atom is 0.340 e. The van der Waals surface area contributed by atoms with Crippen molar-refractivity contribution >= 4 is 40.2 Å². The minimum absolute atomic E-state index is 0.0134. The second-order valence-electron chi connectivity index (χ2n) is 4.92. The predicted molar refractivity (Wildman–Crippen MR) is 89.3 cm³/mol. The lowest BCUT2D eigenvalue weighted by molar-refractivity contribution is 0.0602. The Morgan fingerprint density at radius 2 is 2.12 bits per heavy atom. The fourth-order valence-corrected chi connectivity index (χ4v) is 2.40. The highest BCUT2D eigenvalue weighted by Crippen LogP contribution is 2.26. The van der Waals surface area contributed by atoms with Crippen molar-refractivity contribution in [2.45, 2.75) is 0 Å². The lowest BCUT2D eigenvalue weighted by Gasteiger charge is -2.11. The Labute approximate surface area is 146 Å². The summed E-state index contributed by atoms with van der Waals surface area (Å²) in [5.74, 6) is -1.26. The van der Waals surface area contributed by atoms with Gasteiger partial charge in [0.1, 0.15) is 17.3 Å². The molecule has 0 aliphatic carbocycles. The summed E-state index contributed by atoms with van der Waals surface area (Å²) in [6.07, 6.45) is 2.94. The Morgan fingerprint density at radius 1 is 1.32 bits per heavy atom. The van der Waals surface area contributed by atoms with Crippen molar-refractivity contribution in [3.63, 3.8) is 0 Å². The maximum absolute atomic E-state index is 12.4. The van der Waals surface area contributed by atoms with Gasteiger partial charge in [0.05, 0.1) is 47.0 Å². The molecule has 2 aromatic heterocycles. The van der Waals surface area contributed by atoms with Crippen LogP contribution in [0.25, 0.3) is 11.0 Å². The van der Waals surface area contributed by atoms with E-state index in [1.807, 2.05) is 6.07 Å². The van der Waals surface area contributed by atoms with Gasteiger partial charge in [0.2, 0.25) is 0 Å². The van der Waals surface area contributed by atoms with Crippen LogP contribution in [0, 0.1) is 11.3 Å². The first-order chi connectivity index (χ1) is 12.0. The second kappa shape index (κ2) is 6.59. The number of carbonyl (C=O) groups is 2. The number of anilines is 1. The highest BCUT2D eigenvalue weighted by molar-refractivity contribution is 6.32. The number of hydrogen-bond donors (Lipinski definition) is 2. The van der Waals surface area contributed by atoms with Crippen LogP contribution in [0.3, 0.4) is 0 Å². The zero-order chi connectivity index (χ0) is 18.0. The topological polar surface area (TPSA) is 121 Å². The summed E-state index contributed by atoms with van der Waals surface area (Å²) in [6.45, 7) is 0. The van der Waals surface area contributed by atoms with E-state index in [9.17, 15) is 9.59 Å². The lowest BCUT2D eigenvalue weighted by Crippen LogP contribution is -2.17. The number of nitrogens with zero attached hydrogens (tertiary/aromatic N) is 3. The molecule has 1 amide bonds. The number of hydrogen-bond acceptors (Lipinski definition) is 6. The van der Waals surface area contributed by atoms with Crippen LogP contribution in [0.1, 0.15) is 26.4 Å². The number of aromatic amines is 1. The molecule has 3 rings (SSSR count). The maximum atomic E-state index is 12.4. The highest BCUT2D eigenvalue weighted by atomic mass is 35.5. The zero-order valence-electron chi connectivity index (χ0n) is 12.8. The highest BCUT2D eigenvalue weighted by Gasteiger charge is 2.19. The fraction of sp³-hybridized carbons (Fsp3) is 0.0625. The predicted octanol–water partition coefficient (Wildman–Crippen LogP) is 2.52. The first kappa shape index (κ1) is 16.4. The lowest BCUT2D eigenvalue weighted by atomic mass is 10.1. The zero-order valence-corrected chi connectivity index (χ0v) is 13.6. The molecule has 0 aliphatic rings. The number of imidazole rings is 1. The van der Waals surface area contributed by atoms with E-state index in [0.717, 1.165) is 0 Å². The molecular formula is C16H10ClN5O3. The summed E-state index contributed by atoms with van der Waals surface area (Å²) in [5, 5.41) is 11.7. The third-order valence-corrected chi connectivity index (χ3v) is 3.73. The minimum atomic E-state index is -0.708. The molecule has 25 heavy (non-hydrogen) atoms. The standard InChI is InChI=1S/C16H10ClN5O3/c1-25-16(24)9-2-8(5-18)10(17)3-11(9)22-15(23)13-4-12-14(6-19-13)21-7-20-12/h2-4,6-7H,1H3,(H,20,21)(H,22,23). The van der Waals surface area contributed by atoms with E-state index in [4.69, 9.17) is 16.9 Å². The minimum Gasteiger partial charge on any atom is -0.465 e. The molecule has 0 spiro atoms. The Bertz CT molecular complexity index is 1040. The molecule has 0 bridgehead atoms. The summed E-state index contributed by atoms with van der Waals surface area (Å²) >= 11 is 5.99. The van der Waals surface area contributed by atoms with Gasteiger partial charge in [-0.05, 0) is 18.2 Å². The van der Waals surface area contributed by atoms with E-state index in [2.05, 4.69) is 25.0 Å². The van der Waals surface area contributed by atoms with Crippen molar-refractivity contribution in [2.75, 3.05) is 12.4 Å². The van der Waals surface area contributed by atoms with Crippen molar-refractivity contribution in [1.29, 1.82) is 5.26 Å². The van der Waals surface area contributed by atoms with Crippen molar-refractivity contribution in [1.82, 2.24) is 15.0 Å². The van der Waals surface area contributed by atoms with Crippen molar-refractivity contribution < 1.29 is 14.3 Å². The van der Waals surface area contributed by atoms with E-state index in [1.165, 1.54) is 37.8 Å². The van der Waals surface area contributed by atoms with Gasteiger partial charge in [-0.3, -0.25) is 4.79 Å². The molecule has 0 unspecified atom stereocenters. The second-order valence-corrected chi connectivity index (χ2v) is 5.33. The molecule has 0 saturated heterocycles. The van der Waals surface area contributed by atoms with Gasteiger partial charge in [0, 0.05) is 0 Å². The van der Waals surface area contributed by atoms with Gasteiger partial charge in [-0.25, -0.2) is 14.8 Å². The fourth-order valence-electron chi connectivity index (χ4n) is 2.19. The molecule has 0 aliphatic heterocycles. The first-order valence-corrected chi connectivity index (χ1v) is 7.33. The van der Waals surface area contributed by atoms with Gasteiger partial charge in [-0.2, -0.15) is 5.26 Å². The molecule has 0 fully saturated rings. The average molecular weight is 356 g/mol. The molecule has 1 aromatic carbocycles. The van der Waals surface area contributed by atoms with Crippen LogP contribution < -0.4 is 5.32 Å². The van der Waals surface area contributed by atoms with Crippen LogP contribution in [0.2, 0.25) is 5.02 Å². The van der Waals surface area contributed by atoms with Gasteiger partial charge < -0.3 is 15.0 Å². The van der Waals surface area contributed by atoms with Crippen LogP contribution in [-0.4, -0.2) is 33.9 Å². The van der Waals surface area contributed by atoms with E-state index < -0.39 is 11.9 Å². The average Bonchev–Trinajstić information content (AvgIpc) is 3.09. The van der Waals surface area contributed by atoms with Gasteiger partial charge in [0.15, 0.2) is 0 Å². The van der Waals surface area contributed by atoms with E-state index in [1.54, 1.807) is 0 Å². The first-order valence-electron chi connectivity index (χ1n) is 6.96. The van der Waals surface area contributed by atoms with Crippen LogP contribution >= 0.6 is 11.6 Å². The summed E-state index contributed by atoms with van der Waals surface area (Å²) in [6, 6.07) is 5.97. The van der Waals surface area contributed by atoms with Gasteiger partial charge in [-0.15, -0.1) is 0 Å². The Kier molecular flexibility index (Phi) is 4.33. The number of methoxy groups -OCH3 is 1. The number of H-pyrrole nitrogens is 1. The summed E-state index contributed by atoms with van der Waals surface area (Å²) in [5.41, 5.74) is 1.61. The summed E-state index contributed by atoms with van der Waals surface area (Å²) in [7, 11) is 1.20. The molecular weight excluding hydrogens is 346 g/mol. The summed E-state index contributed by atoms with van der Waals surface area (Å²) < 4.78 is 4.68. The Hall–Kier alpha value is -3.44. The normalized spacial score (nSPS) is 10.3. The number of ether oxygens (including phenoxy) is 1. The van der Waals surface area contributed by atoms with Gasteiger partial charge >= 0.3 is 5.97 Å². The molecule has 124 valence electrons. The number of aromatic nitrogens is 3. The molecule has 0 radical (unpaired) electrons. The number of halogens is 1. The molecule has 0 saturated carbocycles. The number of rotatable bonds is 3. The van der Waals surface area contributed by atoms with Crippen LogP contribution in [0.5, 0.6) is 0 Å². The molecule has 2 heterocycles. The van der Waals surface area contributed by atoms with Crippen molar-refractivity contribution in [3.05, 3.63) is 52.6 Å². The molecule has 0 atom stereocenters. The van der Waals surface area contributed by atoms with E-state index in [-0.39, 0.29) is 27.5 Å². The number of nitrogens with one attached hydrogen (secondary N) is 2. The van der Waals surface area contributed by atoms with Crippen LogP contribution in [0.4, 0.5) is 5.69 Å². The number of esters is 1. The molecule has 8 nitrogen and oxygen atoms in total. The molecule has 3 aromatic rings.